The SMILES string of the molecule is Cc1ccc(-c2cc3c(N4CCCC4)nc(N4CCCC4)nc3n2CCO)cc1. The number of aryl methyl sites for hydroxylation is 1. The first-order valence-corrected chi connectivity index (χ1v) is 10.8. The lowest BCUT2D eigenvalue weighted by molar-refractivity contribution is 0.278. The second-order valence-electron chi connectivity index (χ2n) is 8.24. The van der Waals surface area contributed by atoms with E-state index in [4.69, 9.17) is 9.97 Å². The predicted octanol–water partition coefficient (Wildman–Crippen LogP) is 3.60. The van der Waals surface area contributed by atoms with Gasteiger partial charge in [0, 0.05) is 32.7 Å². The zero-order chi connectivity index (χ0) is 19.8. The van der Waals surface area contributed by atoms with Crippen LogP contribution in [0.5, 0.6) is 0 Å². The van der Waals surface area contributed by atoms with Crippen molar-refractivity contribution in [3.63, 3.8) is 0 Å². The number of rotatable bonds is 5. The second kappa shape index (κ2) is 7.67. The average molecular weight is 392 g/mol. The van der Waals surface area contributed by atoms with Crippen molar-refractivity contribution in [1.29, 1.82) is 0 Å². The van der Waals surface area contributed by atoms with E-state index in [0.717, 1.165) is 60.2 Å². The molecule has 152 valence electrons. The summed E-state index contributed by atoms with van der Waals surface area (Å²) in [5.74, 6) is 1.89. The fraction of sp³-hybridized carbons (Fsp3) is 0.478. The number of hydrogen-bond donors (Lipinski definition) is 1. The number of benzene rings is 1. The van der Waals surface area contributed by atoms with E-state index in [1.54, 1.807) is 0 Å². The highest BCUT2D eigenvalue weighted by Crippen LogP contribution is 2.35. The maximum atomic E-state index is 9.79. The molecule has 6 heteroatoms. The van der Waals surface area contributed by atoms with Crippen LogP contribution in [0.15, 0.2) is 30.3 Å². The van der Waals surface area contributed by atoms with Crippen LogP contribution in [0.2, 0.25) is 0 Å². The highest BCUT2D eigenvalue weighted by Gasteiger charge is 2.25. The topological polar surface area (TPSA) is 57.4 Å². The molecule has 29 heavy (non-hydrogen) atoms. The zero-order valence-corrected chi connectivity index (χ0v) is 17.1. The number of anilines is 2. The molecular formula is C23H29N5O. The zero-order valence-electron chi connectivity index (χ0n) is 17.1. The Morgan fingerprint density at radius 2 is 1.55 bits per heavy atom. The van der Waals surface area contributed by atoms with Gasteiger partial charge in [0.1, 0.15) is 11.5 Å². The first-order chi connectivity index (χ1) is 14.2. The standard InChI is InChI=1S/C23H29N5O/c1-17-6-8-18(9-7-17)20-16-19-21(26-10-2-3-11-26)24-23(27-12-4-5-13-27)25-22(19)28(20)14-15-29/h6-9,16,29H,2-5,10-15H2,1H3. The van der Waals surface area contributed by atoms with Crippen molar-refractivity contribution >= 4 is 22.8 Å². The van der Waals surface area contributed by atoms with Gasteiger partial charge in [-0.15, -0.1) is 0 Å². The molecule has 0 amide bonds. The van der Waals surface area contributed by atoms with Gasteiger partial charge in [-0.3, -0.25) is 0 Å². The van der Waals surface area contributed by atoms with E-state index >= 15 is 0 Å². The van der Waals surface area contributed by atoms with Crippen LogP contribution in [0.1, 0.15) is 31.2 Å². The number of fused-ring (bicyclic) bond motifs is 1. The van der Waals surface area contributed by atoms with Gasteiger partial charge < -0.3 is 19.5 Å². The lowest BCUT2D eigenvalue weighted by Crippen LogP contribution is -2.24. The summed E-state index contributed by atoms with van der Waals surface area (Å²) in [6.07, 6.45) is 4.83. The molecular weight excluding hydrogens is 362 g/mol. The summed E-state index contributed by atoms with van der Waals surface area (Å²) in [5.41, 5.74) is 4.43. The van der Waals surface area contributed by atoms with Gasteiger partial charge in [-0.1, -0.05) is 29.8 Å². The van der Waals surface area contributed by atoms with E-state index < -0.39 is 0 Å². The van der Waals surface area contributed by atoms with E-state index in [-0.39, 0.29) is 6.61 Å². The molecule has 0 aliphatic carbocycles. The predicted molar refractivity (Wildman–Crippen MR) is 118 cm³/mol. The number of aliphatic hydroxyl groups excluding tert-OH is 1. The molecule has 0 radical (unpaired) electrons. The molecule has 2 aliphatic rings. The van der Waals surface area contributed by atoms with Crippen LogP contribution in [-0.2, 0) is 6.54 Å². The van der Waals surface area contributed by atoms with Crippen molar-refractivity contribution in [2.45, 2.75) is 39.2 Å². The molecule has 2 saturated heterocycles. The monoisotopic (exact) mass is 391 g/mol. The van der Waals surface area contributed by atoms with Crippen LogP contribution < -0.4 is 9.80 Å². The Balaban J connectivity index is 1.72. The average Bonchev–Trinajstić information content (AvgIpc) is 3.50. The van der Waals surface area contributed by atoms with Crippen LogP contribution in [0, 0.1) is 6.92 Å². The third kappa shape index (κ3) is 3.35. The van der Waals surface area contributed by atoms with Crippen LogP contribution >= 0.6 is 0 Å². The minimum Gasteiger partial charge on any atom is -0.395 e. The summed E-state index contributed by atoms with van der Waals surface area (Å²) < 4.78 is 2.17. The Hall–Kier alpha value is -2.60. The first kappa shape index (κ1) is 18.4. The van der Waals surface area contributed by atoms with E-state index in [0.29, 0.717) is 6.54 Å². The lowest BCUT2D eigenvalue weighted by Gasteiger charge is -2.21. The van der Waals surface area contributed by atoms with Crippen molar-refractivity contribution in [2.24, 2.45) is 0 Å². The van der Waals surface area contributed by atoms with Crippen molar-refractivity contribution in [2.75, 3.05) is 42.6 Å². The summed E-state index contributed by atoms with van der Waals surface area (Å²) in [4.78, 5) is 14.8. The van der Waals surface area contributed by atoms with Gasteiger partial charge in [-0.2, -0.15) is 9.97 Å². The van der Waals surface area contributed by atoms with Gasteiger partial charge in [0.2, 0.25) is 5.95 Å². The molecule has 2 aromatic heterocycles. The maximum absolute atomic E-state index is 9.79. The summed E-state index contributed by atoms with van der Waals surface area (Å²) >= 11 is 0. The van der Waals surface area contributed by atoms with Crippen LogP contribution in [0.4, 0.5) is 11.8 Å². The molecule has 2 aliphatic heterocycles. The van der Waals surface area contributed by atoms with Crippen molar-refractivity contribution < 1.29 is 5.11 Å². The Kier molecular flexibility index (Phi) is 4.87. The van der Waals surface area contributed by atoms with Crippen molar-refractivity contribution in [3.8, 4) is 11.3 Å². The Bertz CT molecular complexity index is 998. The lowest BCUT2D eigenvalue weighted by atomic mass is 10.1. The molecule has 1 N–H and O–H groups in total. The van der Waals surface area contributed by atoms with Crippen molar-refractivity contribution in [3.05, 3.63) is 35.9 Å². The third-order valence-corrected chi connectivity index (χ3v) is 6.19. The van der Waals surface area contributed by atoms with Crippen molar-refractivity contribution in [1.82, 2.24) is 14.5 Å². The largest absolute Gasteiger partial charge is 0.395 e. The highest BCUT2D eigenvalue weighted by atomic mass is 16.3. The molecule has 0 saturated carbocycles. The maximum Gasteiger partial charge on any atom is 0.229 e. The summed E-state index contributed by atoms with van der Waals surface area (Å²) in [6.45, 7) is 6.87. The normalized spacial score (nSPS) is 17.0. The Labute approximate surface area is 171 Å². The number of aliphatic hydroxyl groups is 1. The molecule has 0 unspecified atom stereocenters. The molecule has 2 fully saturated rings. The molecule has 0 spiro atoms. The summed E-state index contributed by atoms with van der Waals surface area (Å²) in [5, 5.41) is 10.9. The van der Waals surface area contributed by atoms with E-state index in [2.05, 4.69) is 51.6 Å². The second-order valence-corrected chi connectivity index (χ2v) is 8.24. The molecule has 0 atom stereocenters. The minimum atomic E-state index is 0.0880. The van der Waals surface area contributed by atoms with E-state index in [1.807, 2.05) is 0 Å². The fourth-order valence-electron chi connectivity index (χ4n) is 4.62. The highest BCUT2D eigenvalue weighted by molar-refractivity contribution is 5.94. The Morgan fingerprint density at radius 1 is 0.897 bits per heavy atom. The van der Waals surface area contributed by atoms with Gasteiger partial charge in [-0.25, -0.2) is 0 Å². The quantitative estimate of drug-likeness (QED) is 0.720. The first-order valence-electron chi connectivity index (χ1n) is 10.8. The summed E-state index contributed by atoms with van der Waals surface area (Å²) in [7, 11) is 0. The molecule has 0 bridgehead atoms. The molecule has 1 aromatic carbocycles. The van der Waals surface area contributed by atoms with Gasteiger partial charge in [-0.05, 0) is 44.2 Å². The van der Waals surface area contributed by atoms with E-state index in [1.165, 1.54) is 31.2 Å². The molecule has 6 nitrogen and oxygen atoms in total. The van der Waals surface area contributed by atoms with Gasteiger partial charge in [0.05, 0.1) is 17.7 Å². The molecule has 5 rings (SSSR count). The Morgan fingerprint density at radius 3 is 2.21 bits per heavy atom. The van der Waals surface area contributed by atoms with Gasteiger partial charge in [0.25, 0.3) is 0 Å². The number of hydrogen-bond acceptors (Lipinski definition) is 5. The molecule has 3 aromatic rings. The smallest absolute Gasteiger partial charge is 0.229 e. The van der Waals surface area contributed by atoms with Gasteiger partial charge in [0.15, 0.2) is 0 Å². The minimum absolute atomic E-state index is 0.0880. The third-order valence-electron chi connectivity index (χ3n) is 6.19. The van der Waals surface area contributed by atoms with Crippen LogP contribution in [-0.4, -0.2) is 52.4 Å². The summed E-state index contributed by atoms with van der Waals surface area (Å²) in [6, 6.07) is 10.8. The fourth-order valence-corrected chi connectivity index (χ4v) is 4.62. The van der Waals surface area contributed by atoms with E-state index in [9.17, 15) is 5.11 Å². The van der Waals surface area contributed by atoms with Crippen LogP contribution in [0.3, 0.4) is 0 Å². The molecule has 4 heterocycles. The number of nitrogens with zero attached hydrogens (tertiary/aromatic N) is 5. The number of aromatic nitrogens is 3. The van der Waals surface area contributed by atoms with Gasteiger partial charge >= 0.3 is 0 Å². The van der Waals surface area contributed by atoms with Crippen LogP contribution in [0.25, 0.3) is 22.3 Å².